The van der Waals surface area contributed by atoms with E-state index in [4.69, 9.17) is 5.73 Å². The van der Waals surface area contributed by atoms with Crippen molar-refractivity contribution in [2.75, 3.05) is 6.54 Å². The van der Waals surface area contributed by atoms with E-state index in [2.05, 4.69) is 20.8 Å². The van der Waals surface area contributed by atoms with Gasteiger partial charge in [0, 0.05) is 0 Å². The van der Waals surface area contributed by atoms with Gasteiger partial charge in [-0.2, -0.15) is 0 Å². The molecule has 11 heavy (non-hydrogen) atoms. The average molecular weight is 218 g/mol. The topological polar surface area (TPSA) is 26.0 Å². The molecule has 0 rings (SSSR count). The molecule has 0 unspecified atom stereocenters. The van der Waals surface area contributed by atoms with Gasteiger partial charge < -0.3 is 0 Å². The second kappa shape index (κ2) is 6.07. The van der Waals surface area contributed by atoms with Crippen molar-refractivity contribution < 1.29 is 0 Å². The SMILES string of the molecule is C[CH2][Ge]([CH2]C)([CH2]C)[CH2]CCN. The molecule has 0 bridgehead atoms. The molecule has 0 aromatic carbocycles. The predicted molar refractivity (Wildman–Crippen MR) is 55.7 cm³/mol. The Morgan fingerprint density at radius 3 is 1.73 bits per heavy atom. The Balaban J connectivity index is 3.84. The van der Waals surface area contributed by atoms with Crippen molar-refractivity contribution in [1.29, 1.82) is 0 Å². The van der Waals surface area contributed by atoms with Gasteiger partial charge in [0.1, 0.15) is 0 Å². The molecular weight excluding hydrogens is 195 g/mol. The molecule has 0 aliphatic rings. The molecule has 0 heterocycles. The zero-order valence-electron chi connectivity index (χ0n) is 8.32. The number of nitrogens with two attached hydrogens (primary N) is 1. The second-order valence-electron chi connectivity index (χ2n) is 3.45. The van der Waals surface area contributed by atoms with Gasteiger partial charge in [0.2, 0.25) is 0 Å². The standard InChI is InChI=1S/C9H23GeN/c1-4-10(5-2,6-3)8-7-9-11/h4-9,11H2,1-3H3. The van der Waals surface area contributed by atoms with E-state index in [9.17, 15) is 0 Å². The van der Waals surface area contributed by atoms with Crippen LogP contribution in [-0.4, -0.2) is 19.8 Å². The summed E-state index contributed by atoms with van der Waals surface area (Å²) in [5.74, 6) is 0. The van der Waals surface area contributed by atoms with Crippen molar-refractivity contribution in [2.45, 2.75) is 48.2 Å². The van der Waals surface area contributed by atoms with Crippen molar-refractivity contribution in [2.24, 2.45) is 5.73 Å². The zero-order valence-corrected chi connectivity index (χ0v) is 10.4. The minimum atomic E-state index is -1.31. The molecule has 2 heteroatoms. The van der Waals surface area contributed by atoms with Gasteiger partial charge in [0.05, 0.1) is 0 Å². The molecule has 0 aliphatic carbocycles. The van der Waals surface area contributed by atoms with Gasteiger partial charge in [0.15, 0.2) is 0 Å². The Morgan fingerprint density at radius 2 is 1.45 bits per heavy atom. The molecule has 1 nitrogen and oxygen atoms in total. The fourth-order valence-corrected chi connectivity index (χ4v) is 9.13. The monoisotopic (exact) mass is 219 g/mol. The third-order valence-electron chi connectivity index (χ3n) is 3.16. The van der Waals surface area contributed by atoms with Crippen molar-refractivity contribution in [3.63, 3.8) is 0 Å². The third-order valence-corrected chi connectivity index (χ3v) is 15.6. The molecule has 0 aliphatic heterocycles. The van der Waals surface area contributed by atoms with Gasteiger partial charge in [-0.05, 0) is 0 Å². The van der Waals surface area contributed by atoms with Crippen LogP contribution in [-0.2, 0) is 0 Å². The molecule has 0 fully saturated rings. The Labute approximate surface area is 74.1 Å². The van der Waals surface area contributed by atoms with E-state index in [0.29, 0.717) is 0 Å². The van der Waals surface area contributed by atoms with Crippen LogP contribution in [0.15, 0.2) is 0 Å². The Morgan fingerprint density at radius 1 is 1.00 bits per heavy atom. The van der Waals surface area contributed by atoms with Crippen molar-refractivity contribution >= 4 is 13.3 Å². The normalized spacial score (nSPS) is 12.0. The van der Waals surface area contributed by atoms with E-state index >= 15 is 0 Å². The molecule has 0 saturated carbocycles. The Hall–Kier alpha value is 0.503. The van der Waals surface area contributed by atoms with Crippen LogP contribution < -0.4 is 5.73 Å². The predicted octanol–water partition coefficient (Wildman–Crippen LogP) is 2.84. The summed E-state index contributed by atoms with van der Waals surface area (Å²) in [5.41, 5.74) is 5.53. The average Bonchev–Trinajstić information content (AvgIpc) is 2.08. The molecule has 68 valence electrons. The number of hydrogen-bond donors (Lipinski definition) is 1. The minimum absolute atomic E-state index is 0.896. The summed E-state index contributed by atoms with van der Waals surface area (Å²) in [6.07, 6.45) is 1.27. The molecule has 0 atom stereocenters. The third kappa shape index (κ3) is 3.61. The van der Waals surface area contributed by atoms with Crippen molar-refractivity contribution in [1.82, 2.24) is 0 Å². The van der Waals surface area contributed by atoms with Crippen LogP contribution in [0, 0.1) is 0 Å². The summed E-state index contributed by atoms with van der Waals surface area (Å²) < 4.78 is 0. The van der Waals surface area contributed by atoms with E-state index in [1.807, 2.05) is 0 Å². The van der Waals surface area contributed by atoms with Crippen LogP contribution in [0.2, 0.25) is 21.0 Å². The summed E-state index contributed by atoms with van der Waals surface area (Å²) in [7, 11) is 0. The fraction of sp³-hybridized carbons (Fsp3) is 1.00. The van der Waals surface area contributed by atoms with Crippen molar-refractivity contribution in [3.05, 3.63) is 0 Å². The quantitative estimate of drug-likeness (QED) is 0.681. The van der Waals surface area contributed by atoms with Crippen molar-refractivity contribution in [3.8, 4) is 0 Å². The first-order chi connectivity index (χ1) is 5.24. The molecule has 0 amide bonds. The molecule has 0 aromatic rings. The molecule has 0 aromatic heterocycles. The Bertz CT molecular complexity index is 81.3. The second-order valence-corrected chi connectivity index (χ2v) is 15.2. The first-order valence-corrected chi connectivity index (χ1v) is 10.9. The maximum absolute atomic E-state index is 5.53. The van der Waals surface area contributed by atoms with Crippen LogP contribution in [0.5, 0.6) is 0 Å². The maximum atomic E-state index is 5.53. The van der Waals surface area contributed by atoms with E-state index in [1.54, 1.807) is 0 Å². The van der Waals surface area contributed by atoms with Crippen LogP contribution >= 0.6 is 0 Å². The molecule has 2 N–H and O–H groups in total. The van der Waals surface area contributed by atoms with E-state index in [0.717, 1.165) is 6.54 Å². The van der Waals surface area contributed by atoms with Crippen LogP contribution in [0.1, 0.15) is 27.2 Å². The molecule has 0 spiro atoms. The summed E-state index contributed by atoms with van der Waals surface area (Å²) >= 11 is -1.31. The van der Waals surface area contributed by atoms with Gasteiger partial charge in [0.25, 0.3) is 0 Å². The van der Waals surface area contributed by atoms with E-state index in [1.165, 1.54) is 27.4 Å². The summed E-state index contributed by atoms with van der Waals surface area (Å²) in [5, 5.41) is 5.98. The molecule has 0 radical (unpaired) electrons. The van der Waals surface area contributed by atoms with E-state index in [-0.39, 0.29) is 0 Å². The fourth-order valence-electron chi connectivity index (χ4n) is 1.76. The van der Waals surface area contributed by atoms with Gasteiger partial charge in [-0.25, -0.2) is 0 Å². The van der Waals surface area contributed by atoms with Gasteiger partial charge >= 0.3 is 73.7 Å². The first kappa shape index (κ1) is 11.5. The summed E-state index contributed by atoms with van der Waals surface area (Å²) in [4.78, 5) is 0. The number of hydrogen-bond acceptors (Lipinski definition) is 1. The summed E-state index contributed by atoms with van der Waals surface area (Å²) in [6, 6.07) is 0. The van der Waals surface area contributed by atoms with Gasteiger partial charge in [-0.15, -0.1) is 0 Å². The van der Waals surface area contributed by atoms with Crippen LogP contribution in [0.3, 0.4) is 0 Å². The Kier molecular flexibility index (Phi) is 6.34. The molecular formula is C9H23GeN. The van der Waals surface area contributed by atoms with Gasteiger partial charge in [-0.3, -0.25) is 0 Å². The summed E-state index contributed by atoms with van der Waals surface area (Å²) in [6.45, 7) is 8.03. The van der Waals surface area contributed by atoms with E-state index < -0.39 is 13.3 Å². The number of rotatable bonds is 6. The molecule has 0 saturated heterocycles. The first-order valence-electron chi connectivity index (χ1n) is 4.94. The van der Waals surface area contributed by atoms with Gasteiger partial charge in [-0.1, -0.05) is 0 Å². The zero-order chi connectivity index (χ0) is 8.74. The van der Waals surface area contributed by atoms with Crippen LogP contribution in [0.25, 0.3) is 0 Å². The van der Waals surface area contributed by atoms with Crippen LogP contribution in [0.4, 0.5) is 0 Å².